The van der Waals surface area contributed by atoms with Gasteiger partial charge in [0.25, 0.3) is 10.0 Å². The summed E-state index contributed by atoms with van der Waals surface area (Å²) in [7, 11) is -4.09. The number of nitrogen functional groups attached to an aromatic ring is 1. The summed E-state index contributed by atoms with van der Waals surface area (Å²) in [5.74, 6) is 3.08. The second kappa shape index (κ2) is 7.39. The van der Waals surface area contributed by atoms with E-state index in [0.29, 0.717) is 5.56 Å². The van der Waals surface area contributed by atoms with Gasteiger partial charge in [0.05, 0.1) is 11.3 Å². The van der Waals surface area contributed by atoms with Crippen molar-refractivity contribution in [3.05, 3.63) is 77.8 Å². The maximum Gasteiger partial charge on any atom is 0.263 e. The Kier molecular flexibility index (Phi) is 5.00. The van der Waals surface area contributed by atoms with Crippen LogP contribution in [0.1, 0.15) is 11.1 Å². The lowest BCUT2D eigenvalue weighted by Crippen LogP contribution is -2.14. The number of nitrogens with one attached hydrogen (secondary N) is 1. The summed E-state index contributed by atoms with van der Waals surface area (Å²) in [5.41, 5.74) is 4.93. The van der Waals surface area contributed by atoms with Crippen molar-refractivity contribution in [3.63, 3.8) is 0 Å². The molecule has 1 aromatic carbocycles. The van der Waals surface area contributed by atoms with E-state index >= 15 is 0 Å². The Morgan fingerprint density at radius 2 is 1.89 bits per heavy atom. The zero-order chi connectivity index (χ0) is 19.4. The van der Waals surface area contributed by atoms with Crippen LogP contribution in [-0.4, -0.2) is 18.4 Å². The quantitative estimate of drug-likeness (QED) is 0.674. The fourth-order valence-corrected chi connectivity index (χ4v) is 3.14. The second-order valence-electron chi connectivity index (χ2n) is 5.30. The summed E-state index contributed by atoms with van der Waals surface area (Å²) in [6, 6.07) is 7.59. The molecule has 2 heterocycles. The molecule has 0 bridgehead atoms. The molecule has 3 N–H and O–H groups in total. The lowest BCUT2D eigenvalue weighted by Gasteiger charge is -2.10. The minimum absolute atomic E-state index is 0.159. The molecule has 136 valence electrons. The van der Waals surface area contributed by atoms with E-state index in [0.717, 1.165) is 18.3 Å². The van der Waals surface area contributed by atoms with E-state index in [-0.39, 0.29) is 10.7 Å². The van der Waals surface area contributed by atoms with Crippen molar-refractivity contribution < 1.29 is 17.2 Å². The standard InChI is InChI=1S/C18H12F2N4O2S/c19-15-5-6-16(24-27(25,26)13-2-1-8-22-11-13)18(20)14(15)4-3-12-7-9-23-17(21)10-12/h1-2,5-11,24H,(H2,21,23). The van der Waals surface area contributed by atoms with Crippen molar-refractivity contribution in [2.75, 3.05) is 10.5 Å². The Morgan fingerprint density at radius 3 is 2.59 bits per heavy atom. The van der Waals surface area contributed by atoms with Crippen molar-refractivity contribution in [2.24, 2.45) is 0 Å². The molecule has 0 aliphatic heterocycles. The molecule has 3 rings (SSSR count). The van der Waals surface area contributed by atoms with Crippen molar-refractivity contribution in [2.45, 2.75) is 4.90 Å². The predicted molar refractivity (Wildman–Crippen MR) is 96.0 cm³/mol. The van der Waals surface area contributed by atoms with Gasteiger partial charge in [0.2, 0.25) is 0 Å². The summed E-state index contributed by atoms with van der Waals surface area (Å²) < 4.78 is 55.3. The number of nitrogens with two attached hydrogens (primary N) is 1. The zero-order valence-corrected chi connectivity index (χ0v) is 14.5. The Bertz CT molecular complexity index is 1160. The van der Waals surface area contributed by atoms with E-state index in [1.165, 1.54) is 36.7 Å². The molecule has 0 fully saturated rings. The Hall–Kier alpha value is -3.51. The van der Waals surface area contributed by atoms with Crippen LogP contribution >= 0.6 is 0 Å². The highest BCUT2D eigenvalue weighted by atomic mass is 32.2. The first-order valence-corrected chi connectivity index (χ1v) is 8.99. The number of rotatable bonds is 3. The summed E-state index contributed by atoms with van der Waals surface area (Å²) in [6.45, 7) is 0. The monoisotopic (exact) mass is 386 g/mol. The van der Waals surface area contributed by atoms with E-state index in [4.69, 9.17) is 5.73 Å². The molecular formula is C18H12F2N4O2S. The number of anilines is 2. The first-order chi connectivity index (χ1) is 12.9. The first-order valence-electron chi connectivity index (χ1n) is 7.51. The van der Waals surface area contributed by atoms with Crippen LogP contribution in [0, 0.1) is 23.5 Å². The highest BCUT2D eigenvalue weighted by Gasteiger charge is 2.19. The number of hydrogen-bond acceptors (Lipinski definition) is 5. The Morgan fingerprint density at radius 1 is 1.07 bits per heavy atom. The largest absolute Gasteiger partial charge is 0.384 e. The second-order valence-corrected chi connectivity index (χ2v) is 6.98. The number of nitrogens with zero attached hydrogens (tertiary/aromatic N) is 2. The molecule has 0 atom stereocenters. The maximum atomic E-state index is 14.6. The van der Waals surface area contributed by atoms with Gasteiger partial charge >= 0.3 is 0 Å². The molecule has 0 saturated heterocycles. The van der Waals surface area contributed by atoms with Crippen LogP contribution < -0.4 is 10.5 Å². The van der Waals surface area contributed by atoms with Crippen LogP contribution in [0.25, 0.3) is 0 Å². The highest BCUT2D eigenvalue weighted by molar-refractivity contribution is 7.92. The third kappa shape index (κ3) is 4.19. The van der Waals surface area contributed by atoms with Gasteiger partial charge in [-0.3, -0.25) is 9.71 Å². The molecule has 0 spiro atoms. The molecule has 6 nitrogen and oxygen atoms in total. The lowest BCUT2D eigenvalue weighted by molar-refractivity contribution is 0.578. The number of benzene rings is 1. The number of sulfonamides is 1. The summed E-state index contributed by atoms with van der Waals surface area (Å²) in [5, 5.41) is 0. The topological polar surface area (TPSA) is 98.0 Å². The number of aromatic nitrogens is 2. The molecular weight excluding hydrogens is 374 g/mol. The van der Waals surface area contributed by atoms with Gasteiger partial charge in [-0.15, -0.1) is 0 Å². The molecule has 0 amide bonds. The molecule has 0 radical (unpaired) electrons. The van der Waals surface area contributed by atoms with Crippen LogP contribution in [-0.2, 0) is 10.0 Å². The average molecular weight is 386 g/mol. The molecule has 0 aliphatic rings. The summed E-state index contributed by atoms with van der Waals surface area (Å²) in [6.07, 6.45) is 3.92. The van der Waals surface area contributed by atoms with Gasteiger partial charge in [-0.1, -0.05) is 11.8 Å². The summed E-state index contributed by atoms with van der Waals surface area (Å²) in [4.78, 5) is 7.34. The van der Waals surface area contributed by atoms with E-state index in [1.54, 1.807) is 0 Å². The normalized spacial score (nSPS) is 10.7. The van der Waals surface area contributed by atoms with Crippen LogP contribution in [0.2, 0.25) is 0 Å². The van der Waals surface area contributed by atoms with E-state index in [9.17, 15) is 17.2 Å². The lowest BCUT2D eigenvalue weighted by atomic mass is 10.1. The minimum Gasteiger partial charge on any atom is -0.384 e. The summed E-state index contributed by atoms with van der Waals surface area (Å²) >= 11 is 0. The average Bonchev–Trinajstić information content (AvgIpc) is 2.65. The number of halogens is 2. The van der Waals surface area contributed by atoms with Crippen LogP contribution in [0.15, 0.2) is 59.9 Å². The highest BCUT2D eigenvalue weighted by Crippen LogP contribution is 2.23. The Balaban J connectivity index is 1.97. The first kappa shape index (κ1) is 18.3. The molecule has 2 aromatic heterocycles. The zero-order valence-electron chi connectivity index (χ0n) is 13.6. The van der Waals surface area contributed by atoms with Gasteiger partial charge in [0.1, 0.15) is 16.5 Å². The van der Waals surface area contributed by atoms with Crippen LogP contribution in [0.5, 0.6) is 0 Å². The SMILES string of the molecule is Nc1cc(C#Cc2c(F)ccc(NS(=O)(=O)c3cccnc3)c2F)ccn1. The molecule has 3 aromatic rings. The van der Waals surface area contributed by atoms with Crippen LogP contribution in [0.3, 0.4) is 0 Å². The van der Waals surface area contributed by atoms with Gasteiger partial charge in [-0.25, -0.2) is 22.2 Å². The molecule has 0 aliphatic carbocycles. The van der Waals surface area contributed by atoms with E-state index in [1.807, 2.05) is 0 Å². The predicted octanol–water partition coefficient (Wildman–Crippen LogP) is 2.54. The fourth-order valence-electron chi connectivity index (χ4n) is 2.12. The fraction of sp³-hybridized carbons (Fsp3) is 0. The van der Waals surface area contributed by atoms with Gasteiger partial charge in [0, 0.05) is 24.2 Å². The van der Waals surface area contributed by atoms with Crippen molar-refractivity contribution in [1.29, 1.82) is 0 Å². The van der Waals surface area contributed by atoms with Gasteiger partial charge < -0.3 is 5.73 Å². The third-order valence-electron chi connectivity index (χ3n) is 3.39. The minimum atomic E-state index is -4.09. The van der Waals surface area contributed by atoms with Crippen LogP contribution in [0.4, 0.5) is 20.3 Å². The van der Waals surface area contributed by atoms with Gasteiger partial charge in [0.15, 0.2) is 5.82 Å². The molecule has 27 heavy (non-hydrogen) atoms. The van der Waals surface area contributed by atoms with E-state index < -0.39 is 32.9 Å². The van der Waals surface area contributed by atoms with Gasteiger partial charge in [-0.2, -0.15) is 0 Å². The Labute approximate surface area is 154 Å². The van der Waals surface area contributed by atoms with Crippen molar-refractivity contribution in [3.8, 4) is 11.8 Å². The molecule has 0 saturated carbocycles. The number of hydrogen-bond donors (Lipinski definition) is 2. The maximum absolute atomic E-state index is 14.6. The van der Waals surface area contributed by atoms with Crippen molar-refractivity contribution in [1.82, 2.24) is 9.97 Å². The third-order valence-corrected chi connectivity index (χ3v) is 4.74. The molecule has 9 heteroatoms. The molecule has 0 unspecified atom stereocenters. The van der Waals surface area contributed by atoms with Gasteiger partial charge in [-0.05, 0) is 36.4 Å². The number of pyridine rings is 2. The van der Waals surface area contributed by atoms with E-state index in [2.05, 4.69) is 26.5 Å². The van der Waals surface area contributed by atoms with Crippen molar-refractivity contribution >= 4 is 21.5 Å². The smallest absolute Gasteiger partial charge is 0.263 e.